The molecule has 44 heavy (non-hydrogen) atoms. The van der Waals surface area contributed by atoms with Crippen molar-refractivity contribution in [2.45, 2.75) is 25.9 Å². The molecule has 8 nitrogen and oxygen atoms in total. The summed E-state index contributed by atoms with van der Waals surface area (Å²) in [6.07, 6.45) is 0.983. The van der Waals surface area contributed by atoms with E-state index in [4.69, 9.17) is 23.2 Å². The summed E-state index contributed by atoms with van der Waals surface area (Å²) in [7, 11) is 0. The number of hydrogen-bond donors (Lipinski definition) is 2. The Hall–Kier alpha value is -4.86. The van der Waals surface area contributed by atoms with Gasteiger partial charge < -0.3 is 15.0 Å². The quantitative estimate of drug-likeness (QED) is 0.200. The fourth-order valence-corrected chi connectivity index (χ4v) is 5.04. The lowest BCUT2D eigenvalue weighted by Gasteiger charge is -2.15. The van der Waals surface area contributed by atoms with Gasteiger partial charge in [0, 0.05) is 29.6 Å². The number of nitrogens with one attached hydrogen (secondary N) is 1. The van der Waals surface area contributed by atoms with Crippen LogP contribution in [0.5, 0.6) is 0 Å². The van der Waals surface area contributed by atoms with Crippen LogP contribution in [0.15, 0.2) is 89.9 Å². The molecule has 0 aliphatic carbocycles. The topological polar surface area (TPSA) is 118 Å². The molecule has 1 atom stereocenters. The van der Waals surface area contributed by atoms with E-state index in [0.717, 1.165) is 6.07 Å². The van der Waals surface area contributed by atoms with Gasteiger partial charge in [0.2, 0.25) is 5.43 Å². The van der Waals surface area contributed by atoms with Crippen LogP contribution in [0.3, 0.4) is 0 Å². The van der Waals surface area contributed by atoms with Gasteiger partial charge in [-0.1, -0.05) is 65.7 Å². The van der Waals surface area contributed by atoms with Gasteiger partial charge in [-0.25, -0.2) is 14.2 Å². The maximum Gasteiger partial charge on any atom is 0.341 e. The van der Waals surface area contributed by atoms with Crippen LogP contribution in [0.25, 0.3) is 22.2 Å². The van der Waals surface area contributed by atoms with Crippen LogP contribution in [-0.2, 0) is 17.8 Å². The molecule has 5 aromatic rings. The van der Waals surface area contributed by atoms with Gasteiger partial charge in [-0.2, -0.15) is 0 Å². The third-order valence-corrected chi connectivity index (χ3v) is 7.79. The number of aromatic nitrogens is 2. The van der Waals surface area contributed by atoms with E-state index in [1.54, 1.807) is 59.2 Å². The van der Waals surface area contributed by atoms with E-state index in [2.05, 4.69) is 10.3 Å². The SMILES string of the molecule is C[C@H](NC(=O)c1ccc(-c2ccccc2)c(F)c1)C(=O)Cc1ccc2c(n1)c(=O)c(C(=O)O)cn2Cc1ccc(Cl)c(Cl)c1. The first-order valence-electron chi connectivity index (χ1n) is 13.4. The number of aromatic carboxylic acids is 1. The fraction of sp³-hybridized carbons (Fsp3) is 0.121. The van der Waals surface area contributed by atoms with Crippen molar-refractivity contribution in [2.75, 3.05) is 0 Å². The highest BCUT2D eigenvalue weighted by Crippen LogP contribution is 2.25. The van der Waals surface area contributed by atoms with Crippen molar-refractivity contribution in [1.29, 1.82) is 0 Å². The number of nitrogens with zero attached hydrogens (tertiary/aromatic N) is 2. The summed E-state index contributed by atoms with van der Waals surface area (Å²) in [6, 6.07) is 20.1. The lowest BCUT2D eigenvalue weighted by Crippen LogP contribution is -2.39. The second-order valence-corrected chi connectivity index (χ2v) is 10.9. The maximum atomic E-state index is 14.8. The lowest BCUT2D eigenvalue weighted by molar-refractivity contribution is -0.119. The van der Waals surface area contributed by atoms with Crippen LogP contribution in [0.2, 0.25) is 10.0 Å². The van der Waals surface area contributed by atoms with Gasteiger partial charge in [0.25, 0.3) is 5.91 Å². The van der Waals surface area contributed by atoms with Gasteiger partial charge in [0.05, 0.1) is 28.0 Å². The molecular formula is C33H24Cl2FN3O5. The van der Waals surface area contributed by atoms with Gasteiger partial charge in [-0.3, -0.25) is 14.4 Å². The number of pyridine rings is 2. The average molecular weight is 632 g/mol. The minimum atomic E-state index is -1.42. The Kier molecular flexibility index (Phi) is 8.89. The number of hydrogen-bond acceptors (Lipinski definition) is 5. The highest BCUT2D eigenvalue weighted by atomic mass is 35.5. The molecule has 0 fully saturated rings. The number of carboxylic acid groups (broad SMARTS) is 1. The van der Waals surface area contributed by atoms with Crippen molar-refractivity contribution in [1.82, 2.24) is 14.9 Å². The van der Waals surface area contributed by atoms with Gasteiger partial charge in [0.15, 0.2) is 5.78 Å². The number of ketones is 1. The zero-order chi connectivity index (χ0) is 31.5. The predicted molar refractivity (Wildman–Crippen MR) is 166 cm³/mol. The molecule has 0 aliphatic heterocycles. The molecule has 2 heterocycles. The first-order valence-corrected chi connectivity index (χ1v) is 14.2. The number of carboxylic acids is 1. The molecule has 3 aromatic carbocycles. The standard InChI is InChI=1S/C33H24Cl2FN3O5/c1-18(37-32(42)21-8-10-23(27(36)14-21)20-5-3-2-4-6-20)29(40)15-22-9-12-28-30(38-22)31(41)24(33(43)44)17-39(28)16-19-7-11-25(34)26(35)13-19/h2-14,17-18H,15-16H2,1H3,(H,37,42)(H,43,44)/t18-/m0/s1. The first-order chi connectivity index (χ1) is 21.0. The van der Waals surface area contributed by atoms with Gasteiger partial charge in [-0.05, 0) is 54.4 Å². The zero-order valence-corrected chi connectivity index (χ0v) is 24.7. The molecule has 0 bridgehead atoms. The van der Waals surface area contributed by atoms with Gasteiger partial charge in [-0.15, -0.1) is 0 Å². The molecule has 0 radical (unpaired) electrons. The Bertz CT molecular complexity index is 2000. The summed E-state index contributed by atoms with van der Waals surface area (Å²) in [5.41, 5.74) is 0.923. The Morgan fingerprint density at radius 1 is 0.977 bits per heavy atom. The summed E-state index contributed by atoms with van der Waals surface area (Å²) in [5, 5.41) is 12.9. The molecule has 0 unspecified atom stereocenters. The van der Waals surface area contributed by atoms with Crippen LogP contribution in [0.4, 0.5) is 4.39 Å². The van der Waals surface area contributed by atoms with Gasteiger partial charge >= 0.3 is 5.97 Å². The third kappa shape index (κ3) is 6.54. The number of halogens is 3. The van der Waals surface area contributed by atoms with Crippen LogP contribution >= 0.6 is 23.2 Å². The van der Waals surface area contributed by atoms with E-state index in [1.807, 2.05) is 6.07 Å². The molecule has 1 amide bonds. The monoisotopic (exact) mass is 631 g/mol. The highest BCUT2D eigenvalue weighted by Gasteiger charge is 2.21. The highest BCUT2D eigenvalue weighted by molar-refractivity contribution is 6.42. The number of Topliss-reactive ketones (excluding diaryl/α,β-unsaturated/α-hetero) is 1. The summed E-state index contributed by atoms with van der Waals surface area (Å²) < 4.78 is 16.3. The Balaban J connectivity index is 1.35. The smallest absolute Gasteiger partial charge is 0.341 e. The normalized spacial score (nSPS) is 11.7. The minimum Gasteiger partial charge on any atom is -0.477 e. The summed E-state index contributed by atoms with van der Waals surface area (Å²) in [6.45, 7) is 1.66. The fourth-order valence-electron chi connectivity index (χ4n) is 4.72. The summed E-state index contributed by atoms with van der Waals surface area (Å²) in [4.78, 5) is 55.0. The first kappa shape index (κ1) is 30.6. The van der Waals surface area contributed by atoms with Crippen LogP contribution in [-0.4, -0.2) is 38.4 Å². The van der Waals surface area contributed by atoms with Crippen molar-refractivity contribution in [3.05, 3.63) is 134 Å². The number of carbonyl (C=O) groups is 3. The van der Waals surface area contributed by atoms with Crippen molar-refractivity contribution in [3.63, 3.8) is 0 Å². The number of benzene rings is 3. The molecule has 0 saturated heterocycles. The third-order valence-electron chi connectivity index (χ3n) is 7.06. The van der Waals surface area contributed by atoms with Gasteiger partial charge in [0.1, 0.15) is 16.9 Å². The molecule has 11 heteroatoms. The van der Waals surface area contributed by atoms with E-state index < -0.39 is 40.5 Å². The summed E-state index contributed by atoms with van der Waals surface area (Å²) >= 11 is 12.1. The summed E-state index contributed by atoms with van der Waals surface area (Å²) in [5.74, 6) is -3.05. The van der Waals surface area contributed by atoms with Crippen molar-refractivity contribution >= 4 is 51.9 Å². The molecule has 2 N–H and O–H groups in total. The van der Waals surface area contributed by atoms with E-state index in [9.17, 15) is 28.7 Å². The number of carbonyl (C=O) groups excluding carboxylic acids is 2. The maximum absolute atomic E-state index is 14.8. The second-order valence-electron chi connectivity index (χ2n) is 10.1. The van der Waals surface area contributed by atoms with Crippen molar-refractivity contribution < 1.29 is 23.9 Å². The van der Waals surface area contributed by atoms with E-state index in [-0.39, 0.29) is 29.7 Å². The molecular weight excluding hydrogens is 608 g/mol. The largest absolute Gasteiger partial charge is 0.477 e. The molecule has 5 rings (SSSR count). The van der Waals surface area contributed by atoms with Crippen LogP contribution < -0.4 is 10.7 Å². The van der Waals surface area contributed by atoms with E-state index in [1.165, 1.54) is 25.3 Å². The number of amides is 1. The lowest BCUT2D eigenvalue weighted by atomic mass is 10.0. The average Bonchev–Trinajstić information content (AvgIpc) is 3.00. The van der Waals surface area contributed by atoms with Crippen LogP contribution in [0, 0.1) is 5.82 Å². The van der Waals surface area contributed by atoms with E-state index in [0.29, 0.717) is 32.3 Å². The Morgan fingerprint density at radius 2 is 1.73 bits per heavy atom. The predicted octanol–water partition coefficient (Wildman–Crippen LogP) is 6.19. The Labute approximate surface area is 260 Å². The molecule has 0 spiro atoms. The van der Waals surface area contributed by atoms with Crippen molar-refractivity contribution in [2.24, 2.45) is 0 Å². The number of fused-ring (bicyclic) bond motifs is 1. The Morgan fingerprint density at radius 3 is 2.41 bits per heavy atom. The molecule has 0 aliphatic rings. The van der Waals surface area contributed by atoms with Crippen molar-refractivity contribution in [3.8, 4) is 11.1 Å². The molecule has 2 aromatic heterocycles. The minimum absolute atomic E-state index is 0.0504. The van der Waals surface area contributed by atoms with E-state index >= 15 is 0 Å². The molecule has 0 saturated carbocycles. The number of rotatable bonds is 9. The second kappa shape index (κ2) is 12.8. The zero-order valence-electron chi connectivity index (χ0n) is 23.2. The van der Waals surface area contributed by atoms with Crippen LogP contribution in [0.1, 0.15) is 38.9 Å². The molecule has 222 valence electrons.